The average molecular weight is 445 g/mol. The second kappa shape index (κ2) is 9.45. The van der Waals surface area contributed by atoms with Gasteiger partial charge in [0.1, 0.15) is 24.1 Å². The predicted octanol–water partition coefficient (Wildman–Crippen LogP) is 0.888. The number of hydrogen-bond acceptors (Lipinski definition) is 8. The summed E-state index contributed by atoms with van der Waals surface area (Å²) in [6, 6.07) is 13.2. The molecule has 0 amide bonds. The van der Waals surface area contributed by atoms with Crippen LogP contribution in [0.3, 0.4) is 0 Å². The van der Waals surface area contributed by atoms with Crippen LogP contribution in [0, 0.1) is 0 Å². The summed E-state index contributed by atoms with van der Waals surface area (Å²) < 4.78 is 12.3. The Balaban J connectivity index is 1.58. The van der Waals surface area contributed by atoms with Gasteiger partial charge in [0.15, 0.2) is 18.1 Å². The summed E-state index contributed by atoms with van der Waals surface area (Å²) in [6.45, 7) is -0.555. The molecule has 2 heterocycles. The first-order valence-electron chi connectivity index (χ1n) is 10.3. The van der Waals surface area contributed by atoms with E-state index < -0.39 is 37.3 Å². The van der Waals surface area contributed by atoms with Crippen molar-refractivity contribution in [2.24, 2.45) is 7.05 Å². The monoisotopic (exact) mass is 445 g/mol. The molecule has 4 rings (SSSR count). The van der Waals surface area contributed by atoms with Crippen molar-refractivity contribution in [2.45, 2.75) is 37.1 Å². The molecule has 0 aliphatic carbocycles. The molecule has 5 atom stereocenters. The van der Waals surface area contributed by atoms with E-state index in [1.807, 2.05) is 48.1 Å². The first kappa shape index (κ1) is 22.5. The van der Waals surface area contributed by atoms with Crippen molar-refractivity contribution in [3.8, 4) is 11.5 Å². The van der Waals surface area contributed by atoms with Gasteiger partial charge in [0, 0.05) is 18.6 Å². The number of methoxy groups -OCH3 is 1. The van der Waals surface area contributed by atoms with Crippen LogP contribution in [0.15, 0.2) is 48.7 Å². The van der Waals surface area contributed by atoms with Crippen LogP contribution in [0.25, 0.3) is 10.9 Å². The van der Waals surface area contributed by atoms with Gasteiger partial charge < -0.3 is 39.4 Å². The molecule has 1 saturated heterocycles. The van der Waals surface area contributed by atoms with Crippen molar-refractivity contribution in [1.29, 1.82) is 0 Å². The van der Waals surface area contributed by atoms with E-state index in [1.54, 1.807) is 19.2 Å². The van der Waals surface area contributed by atoms with Gasteiger partial charge in [0.25, 0.3) is 0 Å². The van der Waals surface area contributed by atoms with Crippen LogP contribution >= 0.6 is 0 Å². The number of ether oxygens (including phenoxy) is 2. The van der Waals surface area contributed by atoms with Crippen LogP contribution in [0.5, 0.6) is 11.5 Å². The first-order valence-corrected chi connectivity index (χ1v) is 10.3. The van der Waals surface area contributed by atoms with Gasteiger partial charge in [-0.25, -0.2) is 0 Å². The molecule has 32 heavy (non-hydrogen) atoms. The largest absolute Gasteiger partial charge is 0.497 e. The number of aliphatic hydroxyl groups excluding tert-OH is 4. The number of benzene rings is 2. The summed E-state index contributed by atoms with van der Waals surface area (Å²) in [5, 5.41) is 40.5. The molecule has 1 aliphatic heterocycles. The van der Waals surface area contributed by atoms with Crippen LogP contribution in [0.1, 0.15) is 11.1 Å². The zero-order valence-electron chi connectivity index (χ0n) is 17.8. The standard InChI is InChI=1S/C23H27NO8/c1-24-11-14(10-13-6-8-15(29-2)9-7-13)19-16(24)4-3-5-17(19)31-32-22-21(27)20(26)18(12-25)30-23(22)28/h3-9,11,18,20-23,25-28H,10,12H2,1-2H3/t18-,20-,21+,22-,23-/m1/s1. The fourth-order valence-electron chi connectivity index (χ4n) is 3.95. The Morgan fingerprint density at radius 1 is 1.03 bits per heavy atom. The summed E-state index contributed by atoms with van der Waals surface area (Å²) in [6.07, 6.45) is -4.37. The van der Waals surface area contributed by atoms with Gasteiger partial charge >= 0.3 is 0 Å². The molecule has 1 fully saturated rings. The number of aryl methyl sites for hydroxylation is 1. The van der Waals surface area contributed by atoms with Crippen molar-refractivity contribution < 1.29 is 39.7 Å². The third kappa shape index (κ3) is 4.31. The molecule has 9 heteroatoms. The molecular formula is C23H27NO8. The number of rotatable bonds is 7. The topological polar surface area (TPSA) is 123 Å². The summed E-state index contributed by atoms with van der Waals surface area (Å²) in [5.74, 6) is 1.17. The van der Waals surface area contributed by atoms with Crippen molar-refractivity contribution in [2.75, 3.05) is 13.7 Å². The van der Waals surface area contributed by atoms with Gasteiger partial charge in [0.2, 0.25) is 0 Å². The van der Waals surface area contributed by atoms with E-state index in [0.717, 1.165) is 27.8 Å². The third-order valence-electron chi connectivity index (χ3n) is 5.70. The molecule has 172 valence electrons. The van der Waals surface area contributed by atoms with Crippen molar-refractivity contribution in [3.05, 3.63) is 59.8 Å². The van der Waals surface area contributed by atoms with Crippen LogP contribution < -0.4 is 9.62 Å². The number of hydrogen-bond donors (Lipinski definition) is 4. The SMILES string of the molecule is COc1ccc(Cc2cn(C)c3cccc(OO[C@@H]4[C@@H](O)[C@H](O)[C@@H](CO)O[C@H]4O)c23)cc1. The van der Waals surface area contributed by atoms with Crippen molar-refractivity contribution in [3.63, 3.8) is 0 Å². The molecule has 0 bridgehead atoms. The molecule has 1 aliphatic rings. The van der Waals surface area contributed by atoms with Crippen LogP contribution in [-0.2, 0) is 23.1 Å². The van der Waals surface area contributed by atoms with Crippen LogP contribution in [0.2, 0.25) is 0 Å². The first-order chi connectivity index (χ1) is 15.4. The molecule has 1 aromatic heterocycles. The lowest BCUT2D eigenvalue weighted by Crippen LogP contribution is -2.59. The maximum absolute atomic E-state index is 10.3. The summed E-state index contributed by atoms with van der Waals surface area (Å²) in [5.41, 5.74) is 2.99. The van der Waals surface area contributed by atoms with Gasteiger partial charge in [-0.05, 0) is 41.8 Å². The lowest BCUT2D eigenvalue weighted by Gasteiger charge is -2.38. The lowest BCUT2D eigenvalue weighted by atomic mass is 9.99. The quantitative estimate of drug-likeness (QED) is 0.312. The number of fused-ring (bicyclic) bond motifs is 1. The molecule has 0 spiro atoms. The molecule has 0 unspecified atom stereocenters. The fraction of sp³-hybridized carbons (Fsp3) is 0.391. The maximum atomic E-state index is 10.3. The molecule has 9 nitrogen and oxygen atoms in total. The lowest BCUT2D eigenvalue weighted by molar-refractivity contribution is -0.364. The minimum atomic E-state index is -1.58. The Morgan fingerprint density at radius 3 is 2.47 bits per heavy atom. The zero-order valence-corrected chi connectivity index (χ0v) is 17.8. The Kier molecular flexibility index (Phi) is 6.66. The Labute approximate surface area is 184 Å². The molecule has 4 N–H and O–H groups in total. The molecule has 3 aromatic rings. The van der Waals surface area contributed by atoms with Crippen LogP contribution in [-0.4, -0.2) is 69.4 Å². The Hall–Kier alpha value is -2.66. The Bertz CT molecular complexity index is 1050. The van der Waals surface area contributed by atoms with Gasteiger partial charge in [-0.15, -0.1) is 0 Å². The third-order valence-corrected chi connectivity index (χ3v) is 5.70. The van der Waals surface area contributed by atoms with Crippen LogP contribution in [0.4, 0.5) is 0 Å². The fourth-order valence-corrected chi connectivity index (χ4v) is 3.95. The molecule has 0 radical (unpaired) electrons. The highest BCUT2D eigenvalue weighted by Gasteiger charge is 2.45. The highest BCUT2D eigenvalue weighted by atomic mass is 17.2. The van der Waals surface area contributed by atoms with E-state index in [1.165, 1.54) is 0 Å². The summed E-state index contributed by atoms with van der Waals surface area (Å²) in [7, 11) is 3.55. The number of nitrogens with zero attached hydrogens (tertiary/aromatic N) is 1. The predicted molar refractivity (Wildman–Crippen MR) is 114 cm³/mol. The normalized spacial score (nSPS) is 25.8. The van der Waals surface area contributed by atoms with E-state index in [0.29, 0.717) is 12.2 Å². The number of aromatic nitrogens is 1. The van der Waals surface area contributed by atoms with Gasteiger partial charge in [-0.3, -0.25) is 0 Å². The average Bonchev–Trinajstić information content (AvgIpc) is 3.12. The van der Waals surface area contributed by atoms with Crippen molar-refractivity contribution >= 4 is 10.9 Å². The number of aliphatic hydroxyl groups is 4. The molecular weight excluding hydrogens is 418 g/mol. The maximum Gasteiger partial charge on any atom is 0.188 e. The van der Waals surface area contributed by atoms with E-state index in [-0.39, 0.29) is 0 Å². The van der Waals surface area contributed by atoms with Crippen molar-refractivity contribution in [1.82, 2.24) is 4.57 Å². The smallest absolute Gasteiger partial charge is 0.188 e. The van der Waals surface area contributed by atoms with E-state index >= 15 is 0 Å². The highest BCUT2D eigenvalue weighted by molar-refractivity contribution is 5.90. The van der Waals surface area contributed by atoms with Gasteiger partial charge in [0.05, 0.1) is 19.2 Å². The zero-order chi connectivity index (χ0) is 22.8. The van der Waals surface area contributed by atoms with E-state index in [9.17, 15) is 20.4 Å². The Morgan fingerprint density at radius 2 is 1.78 bits per heavy atom. The second-order valence-corrected chi connectivity index (χ2v) is 7.81. The molecule has 0 saturated carbocycles. The van der Waals surface area contributed by atoms with Gasteiger partial charge in [-0.2, -0.15) is 4.89 Å². The second-order valence-electron chi connectivity index (χ2n) is 7.81. The van der Waals surface area contributed by atoms with E-state index in [4.69, 9.17) is 19.2 Å². The molecule has 2 aromatic carbocycles. The van der Waals surface area contributed by atoms with Gasteiger partial charge in [-0.1, -0.05) is 18.2 Å². The summed E-state index contributed by atoms with van der Waals surface area (Å²) in [4.78, 5) is 10.9. The minimum Gasteiger partial charge on any atom is -0.497 e. The summed E-state index contributed by atoms with van der Waals surface area (Å²) >= 11 is 0. The van der Waals surface area contributed by atoms with E-state index in [2.05, 4.69) is 0 Å². The minimum absolute atomic E-state index is 0.393. The highest BCUT2D eigenvalue weighted by Crippen LogP contribution is 2.33.